The highest BCUT2D eigenvalue weighted by Gasteiger charge is 2.36. The van der Waals surface area contributed by atoms with Gasteiger partial charge < -0.3 is 4.90 Å². The van der Waals surface area contributed by atoms with Gasteiger partial charge in [0.15, 0.2) is 0 Å². The molecule has 0 radical (unpaired) electrons. The van der Waals surface area contributed by atoms with Crippen LogP contribution in [0.2, 0.25) is 0 Å². The van der Waals surface area contributed by atoms with Gasteiger partial charge in [-0.25, -0.2) is 0 Å². The van der Waals surface area contributed by atoms with Crippen LogP contribution in [0.15, 0.2) is 42.7 Å². The van der Waals surface area contributed by atoms with Crippen LogP contribution in [0.4, 0.5) is 18.9 Å². The topological polar surface area (TPSA) is 51.0 Å². The molecule has 0 bridgehead atoms. The zero-order valence-electron chi connectivity index (χ0n) is 16.6. The minimum absolute atomic E-state index is 0. The zero-order valence-corrected chi connectivity index (χ0v) is 17.4. The van der Waals surface area contributed by atoms with E-state index in [9.17, 15) is 18.0 Å². The van der Waals surface area contributed by atoms with Crippen molar-refractivity contribution in [2.75, 3.05) is 11.4 Å². The maximum atomic E-state index is 13.3. The normalized spacial score (nSPS) is 16.3. The van der Waals surface area contributed by atoms with Crippen LogP contribution in [0.1, 0.15) is 40.3 Å². The Morgan fingerprint density at radius 1 is 1.13 bits per heavy atom. The lowest BCUT2D eigenvalue weighted by molar-refractivity contribution is -0.138. The van der Waals surface area contributed by atoms with Gasteiger partial charge in [-0.2, -0.15) is 18.3 Å². The van der Waals surface area contributed by atoms with Gasteiger partial charge in [0.1, 0.15) is 5.69 Å². The number of halogens is 4. The monoisotopic (exact) mass is 436 g/mol. The third-order valence-electron chi connectivity index (χ3n) is 5.14. The Bertz CT molecular complexity index is 1110. The number of benzene rings is 1. The van der Waals surface area contributed by atoms with Crippen molar-refractivity contribution in [2.24, 2.45) is 0 Å². The molecule has 3 heterocycles. The molecule has 3 aromatic rings. The first-order chi connectivity index (χ1) is 13.7. The van der Waals surface area contributed by atoms with E-state index < -0.39 is 11.7 Å². The summed E-state index contributed by atoms with van der Waals surface area (Å²) in [4.78, 5) is 19.0. The van der Waals surface area contributed by atoms with Crippen LogP contribution >= 0.6 is 12.4 Å². The number of carbonyl (C=O) groups excluding carboxylic acids is 1. The molecule has 30 heavy (non-hydrogen) atoms. The lowest BCUT2D eigenvalue weighted by Crippen LogP contribution is -2.42. The molecule has 0 N–H and O–H groups in total. The molecule has 0 fully saturated rings. The molecular formula is C21H20ClF3N4O. The van der Waals surface area contributed by atoms with Crippen LogP contribution in [0.5, 0.6) is 0 Å². The Morgan fingerprint density at radius 3 is 2.50 bits per heavy atom. The molecular weight excluding hydrogens is 417 g/mol. The first-order valence-electron chi connectivity index (χ1n) is 9.17. The van der Waals surface area contributed by atoms with Crippen molar-refractivity contribution in [3.8, 4) is 11.1 Å². The van der Waals surface area contributed by atoms with Crippen LogP contribution in [0, 0.1) is 13.8 Å². The minimum Gasteiger partial charge on any atom is -0.305 e. The molecule has 1 atom stereocenters. The van der Waals surface area contributed by atoms with Gasteiger partial charge in [-0.3, -0.25) is 14.5 Å². The summed E-state index contributed by atoms with van der Waals surface area (Å²) >= 11 is 0. The summed E-state index contributed by atoms with van der Waals surface area (Å²) in [5.74, 6) is -0.288. The summed E-state index contributed by atoms with van der Waals surface area (Å²) in [6.07, 6.45) is -1.10. The zero-order chi connectivity index (χ0) is 20.9. The van der Waals surface area contributed by atoms with Crippen LogP contribution in [-0.4, -0.2) is 27.2 Å². The molecule has 0 spiro atoms. The Kier molecular flexibility index (Phi) is 5.64. The SMILES string of the molecule is Cc1cc(-c2cnn3c2C(=O)N(c2ccc(C(F)(F)F)c(C)c2)CC3C)ccn1.Cl. The Hall–Kier alpha value is -2.87. The number of carbonyl (C=O) groups is 1. The summed E-state index contributed by atoms with van der Waals surface area (Å²) < 4.78 is 41.0. The van der Waals surface area contributed by atoms with Crippen molar-refractivity contribution in [3.05, 3.63) is 65.2 Å². The van der Waals surface area contributed by atoms with Gasteiger partial charge in [0.2, 0.25) is 0 Å². The molecule has 4 rings (SSSR count). The Labute approximate surface area is 177 Å². The second-order valence-corrected chi connectivity index (χ2v) is 7.30. The summed E-state index contributed by atoms with van der Waals surface area (Å²) in [5.41, 5.74) is 2.57. The molecule has 158 valence electrons. The summed E-state index contributed by atoms with van der Waals surface area (Å²) in [6, 6.07) is 7.35. The summed E-state index contributed by atoms with van der Waals surface area (Å²) in [5, 5.41) is 4.39. The number of aromatic nitrogens is 3. The van der Waals surface area contributed by atoms with Gasteiger partial charge >= 0.3 is 6.18 Å². The molecule has 2 aromatic heterocycles. The van der Waals surface area contributed by atoms with E-state index in [2.05, 4.69) is 10.1 Å². The van der Waals surface area contributed by atoms with Crippen molar-refractivity contribution >= 4 is 24.0 Å². The maximum Gasteiger partial charge on any atom is 0.416 e. The number of hydrogen-bond acceptors (Lipinski definition) is 3. The number of nitrogens with zero attached hydrogens (tertiary/aromatic N) is 4. The highest BCUT2D eigenvalue weighted by atomic mass is 35.5. The number of amides is 1. The average molecular weight is 437 g/mol. The molecule has 5 nitrogen and oxygen atoms in total. The molecule has 1 aromatic carbocycles. The van der Waals surface area contributed by atoms with Crippen LogP contribution in [0.25, 0.3) is 11.1 Å². The van der Waals surface area contributed by atoms with Crippen molar-refractivity contribution in [2.45, 2.75) is 33.0 Å². The number of aryl methyl sites for hydroxylation is 2. The van der Waals surface area contributed by atoms with Gasteiger partial charge in [0, 0.05) is 29.7 Å². The largest absolute Gasteiger partial charge is 0.416 e. The number of hydrogen-bond donors (Lipinski definition) is 0. The van der Waals surface area contributed by atoms with E-state index in [0.29, 0.717) is 23.5 Å². The van der Waals surface area contributed by atoms with E-state index >= 15 is 0 Å². The molecule has 0 saturated carbocycles. The van der Waals surface area contributed by atoms with Gasteiger partial charge in [-0.15, -0.1) is 12.4 Å². The summed E-state index contributed by atoms with van der Waals surface area (Å²) in [6.45, 7) is 5.52. The van der Waals surface area contributed by atoms with E-state index in [1.807, 2.05) is 26.0 Å². The molecule has 0 saturated heterocycles. The molecule has 0 aliphatic carbocycles. The van der Waals surface area contributed by atoms with Crippen molar-refractivity contribution in [1.82, 2.24) is 14.8 Å². The van der Waals surface area contributed by atoms with Crippen molar-refractivity contribution < 1.29 is 18.0 Å². The second-order valence-electron chi connectivity index (χ2n) is 7.30. The number of anilines is 1. The Morgan fingerprint density at radius 2 is 1.87 bits per heavy atom. The third kappa shape index (κ3) is 3.67. The fraction of sp³-hybridized carbons (Fsp3) is 0.286. The predicted octanol–water partition coefficient (Wildman–Crippen LogP) is 5.22. The minimum atomic E-state index is -4.42. The van der Waals surface area contributed by atoms with Gasteiger partial charge in [-0.05, 0) is 62.2 Å². The number of alkyl halides is 3. The van der Waals surface area contributed by atoms with E-state index in [4.69, 9.17) is 0 Å². The first-order valence-corrected chi connectivity index (χ1v) is 9.17. The van der Waals surface area contributed by atoms with Gasteiger partial charge in [0.25, 0.3) is 5.91 Å². The molecule has 1 aliphatic heterocycles. The van der Waals surface area contributed by atoms with E-state index in [-0.39, 0.29) is 29.9 Å². The molecule has 1 unspecified atom stereocenters. The number of fused-ring (bicyclic) bond motifs is 1. The van der Waals surface area contributed by atoms with Gasteiger partial charge in [-0.1, -0.05) is 0 Å². The molecule has 9 heteroatoms. The number of rotatable bonds is 2. The van der Waals surface area contributed by atoms with E-state index in [0.717, 1.165) is 17.3 Å². The fourth-order valence-electron chi connectivity index (χ4n) is 3.74. The third-order valence-corrected chi connectivity index (χ3v) is 5.14. The Balaban J connectivity index is 0.00000256. The van der Waals surface area contributed by atoms with Crippen LogP contribution in [-0.2, 0) is 6.18 Å². The smallest absolute Gasteiger partial charge is 0.305 e. The highest BCUT2D eigenvalue weighted by molar-refractivity contribution is 6.09. The quantitative estimate of drug-likeness (QED) is 0.553. The summed E-state index contributed by atoms with van der Waals surface area (Å²) in [7, 11) is 0. The maximum absolute atomic E-state index is 13.3. The predicted molar refractivity (Wildman–Crippen MR) is 110 cm³/mol. The standard InChI is InChI=1S/C21H19F3N4O.ClH/c1-12-8-16(4-5-18(12)21(22,23)24)27-11-14(3)28-19(20(27)29)17(10-26-28)15-6-7-25-13(2)9-15;/h4-10,14H,11H2,1-3H3;1H. The molecule has 1 amide bonds. The van der Waals surface area contributed by atoms with E-state index in [1.54, 1.807) is 17.1 Å². The number of pyridine rings is 1. The average Bonchev–Trinajstić information content (AvgIpc) is 3.09. The second kappa shape index (κ2) is 7.75. The molecule has 1 aliphatic rings. The lowest BCUT2D eigenvalue weighted by Gasteiger charge is -2.33. The van der Waals surface area contributed by atoms with Gasteiger partial charge in [0.05, 0.1) is 17.8 Å². The van der Waals surface area contributed by atoms with Crippen LogP contribution < -0.4 is 4.90 Å². The first kappa shape index (κ1) is 21.8. The lowest BCUT2D eigenvalue weighted by atomic mass is 10.0. The highest BCUT2D eigenvalue weighted by Crippen LogP contribution is 2.36. The van der Waals surface area contributed by atoms with Crippen molar-refractivity contribution in [3.63, 3.8) is 0 Å². The van der Waals surface area contributed by atoms with Crippen LogP contribution in [0.3, 0.4) is 0 Å². The van der Waals surface area contributed by atoms with E-state index in [1.165, 1.54) is 24.0 Å². The van der Waals surface area contributed by atoms with Crippen molar-refractivity contribution in [1.29, 1.82) is 0 Å². The fourth-order valence-corrected chi connectivity index (χ4v) is 3.74.